The molecule has 0 atom stereocenters. The van der Waals surface area contributed by atoms with Crippen molar-refractivity contribution in [2.45, 2.75) is 0 Å². The Balaban J connectivity index is 1.17. The zero-order valence-corrected chi connectivity index (χ0v) is 25.8. The molecule has 0 saturated carbocycles. The zero-order valence-electron chi connectivity index (χ0n) is 25.8. The minimum absolute atomic E-state index is 0.621. The summed E-state index contributed by atoms with van der Waals surface area (Å²) in [6.07, 6.45) is 0. The summed E-state index contributed by atoms with van der Waals surface area (Å²) in [6.45, 7) is 7.64. The lowest BCUT2D eigenvalue weighted by molar-refractivity contribution is 1.17. The van der Waals surface area contributed by atoms with Crippen molar-refractivity contribution in [3.63, 3.8) is 0 Å². The topological polar surface area (TPSA) is 38.0 Å². The van der Waals surface area contributed by atoms with Gasteiger partial charge in [0.1, 0.15) is 6.07 Å². The van der Waals surface area contributed by atoms with Gasteiger partial charge in [-0.25, -0.2) is 4.85 Å². The highest BCUT2D eigenvalue weighted by molar-refractivity contribution is 6.11. The molecular formula is C44H26N4. The lowest BCUT2D eigenvalue weighted by Gasteiger charge is -2.15. The molecular weight excluding hydrogens is 585 g/mol. The Morgan fingerprint density at radius 1 is 0.458 bits per heavy atom. The molecule has 0 aliphatic rings. The highest BCUT2D eigenvalue weighted by Crippen LogP contribution is 2.39. The molecule has 0 aliphatic heterocycles. The summed E-state index contributed by atoms with van der Waals surface area (Å²) in [4.78, 5) is 3.73. The van der Waals surface area contributed by atoms with Crippen molar-refractivity contribution >= 4 is 49.3 Å². The molecule has 2 heterocycles. The Kier molecular flexibility index (Phi) is 6.22. The summed E-state index contributed by atoms with van der Waals surface area (Å²) < 4.78 is 4.49. The van der Waals surface area contributed by atoms with E-state index in [1.54, 1.807) is 0 Å². The SMILES string of the molecule is [C-]#[N+]c1ccc2c3ccccc3n(-c3ccccc3-c3ccc(-c4ccc(C#N)c(-n5c6ccccc6c6ccccc65)c4)cc3)c2c1. The molecule has 0 bridgehead atoms. The van der Waals surface area contributed by atoms with Gasteiger partial charge < -0.3 is 9.13 Å². The first-order valence-corrected chi connectivity index (χ1v) is 15.9. The predicted molar refractivity (Wildman–Crippen MR) is 197 cm³/mol. The average molecular weight is 611 g/mol. The van der Waals surface area contributed by atoms with Crippen LogP contribution in [0.2, 0.25) is 0 Å². The smallest absolute Gasteiger partial charge is 0.189 e. The molecule has 0 unspecified atom stereocenters. The van der Waals surface area contributed by atoms with E-state index in [4.69, 9.17) is 6.57 Å². The van der Waals surface area contributed by atoms with E-state index < -0.39 is 0 Å². The molecule has 0 fully saturated rings. The maximum Gasteiger partial charge on any atom is 0.189 e. The van der Waals surface area contributed by atoms with Crippen LogP contribution in [0.1, 0.15) is 5.56 Å². The van der Waals surface area contributed by atoms with Crippen LogP contribution in [0.15, 0.2) is 158 Å². The fourth-order valence-corrected chi connectivity index (χ4v) is 7.22. The number of fused-ring (bicyclic) bond motifs is 6. The molecule has 0 N–H and O–H groups in total. The second-order valence-corrected chi connectivity index (χ2v) is 12.0. The highest BCUT2D eigenvalue weighted by Gasteiger charge is 2.17. The first-order chi connectivity index (χ1) is 23.7. The van der Waals surface area contributed by atoms with Gasteiger partial charge in [0.25, 0.3) is 0 Å². The molecule has 0 amide bonds. The second kappa shape index (κ2) is 10.9. The van der Waals surface area contributed by atoms with Gasteiger partial charge in [0.15, 0.2) is 5.69 Å². The van der Waals surface area contributed by atoms with E-state index in [-0.39, 0.29) is 0 Å². The molecule has 9 aromatic rings. The van der Waals surface area contributed by atoms with Crippen LogP contribution in [-0.4, -0.2) is 9.13 Å². The molecule has 9 rings (SSSR count). The number of para-hydroxylation sites is 4. The van der Waals surface area contributed by atoms with Gasteiger partial charge in [0.05, 0.1) is 40.1 Å². The van der Waals surface area contributed by atoms with Crippen LogP contribution in [0.25, 0.3) is 82.1 Å². The number of nitrogens with zero attached hydrogens (tertiary/aromatic N) is 4. The van der Waals surface area contributed by atoms with Crippen LogP contribution in [-0.2, 0) is 0 Å². The third kappa shape index (κ3) is 4.14. The largest absolute Gasteiger partial charge is 0.310 e. The van der Waals surface area contributed by atoms with Crippen LogP contribution in [0.4, 0.5) is 5.69 Å². The number of nitriles is 1. The quantitative estimate of drug-likeness (QED) is 0.183. The van der Waals surface area contributed by atoms with Crippen molar-refractivity contribution in [3.8, 4) is 39.7 Å². The van der Waals surface area contributed by atoms with E-state index >= 15 is 0 Å². The van der Waals surface area contributed by atoms with E-state index in [0.717, 1.165) is 66.5 Å². The Hall–Kier alpha value is -6.88. The van der Waals surface area contributed by atoms with Gasteiger partial charge in [0.2, 0.25) is 0 Å². The Bertz CT molecular complexity index is 2750. The highest BCUT2D eigenvalue weighted by atomic mass is 15.0. The minimum Gasteiger partial charge on any atom is -0.310 e. The van der Waals surface area contributed by atoms with Gasteiger partial charge in [-0.2, -0.15) is 5.26 Å². The van der Waals surface area contributed by atoms with Crippen molar-refractivity contribution in [2.75, 3.05) is 0 Å². The molecule has 2 aromatic heterocycles. The number of hydrogen-bond acceptors (Lipinski definition) is 1. The average Bonchev–Trinajstić information content (AvgIpc) is 3.67. The van der Waals surface area contributed by atoms with Crippen LogP contribution in [0.3, 0.4) is 0 Å². The second-order valence-electron chi connectivity index (χ2n) is 12.0. The first kappa shape index (κ1) is 27.4. The summed E-state index contributed by atoms with van der Waals surface area (Å²) in [5.74, 6) is 0. The molecule has 0 aliphatic carbocycles. The summed E-state index contributed by atoms with van der Waals surface area (Å²) in [6, 6.07) is 56.8. The monoisotopic (exact) mass is 610 g/mol. The summed E-state index contributed by atoms with van der Waals surface area (Å²) >= 11 is 0. The molecule has 222 valence electrons. The Morgan fingerprint density at radius 2 is 0.979 bits per heavy atom. The molecule has 0 saturated heterocycles. The fraction of sp³-hybridized carbons (Fsp3) is 0. The van der Waals surface area contributed by atoms with Crippen LogP contribution >= 0.6 is 0 Å². The normalized spacial score (nSPS) is 11.3. The molecule has 48 heavy (non-hydrogen) atoms. The van der Waals surface area contributed by atoms with Crippen LogP contribution in [0, 0.1) is 17.9 Å². The van der Waals surface area contributed by atoms with Gasteiger partial charge in [-0.3, -0.25) is 0 Å². The van der Waals surface area contributed by atoms with Gasteiger partial charge >= 0.3 is 0 Å². The van der Waals surface area contributed by atoms with Crippen LogP contribution < -0.4 is 0 Å². The third-order valence-electron chi connectivity index (χ3n) is 9.40. The number of rotatable bonds is 4. The molecule has 0 spiro atoms. The first-order valence-electron chi connectivity index (χ1n) is 15.9. The van der Waals surface area contributed by atoms with Crippen LogP contribution in [0.5, 0.6) is 0 Å². The van der Waals surface area contributed by atoms with Gasteiger partial charge in [0, 0.05) is 32.6 Å². The maximum absolute atomic E-state index is 10.2. The number of benzene rings is 7. The number of aromatic nitrogens is 2. The Labute approximate surface area is 277 Å². The zero-order chi connectivity index (χ0) is 32.2. The van der Waals surface area contributed by atoms with Gasteiger partial charge in [-0.05, 0) is 59.2 Å². The summed E-state index contributed by atoms with van der Waals surface area (Å²) in [5, 5.41) is 14.8. The van der Waals surface area contributed by atoms with Crippen molar-refractivity contribution in [1.82, 2.24) is 9.13 Å². The van der Waals surface area contributed by atoms with Crippen molar-refractivity contribution in [1.29, 1.82) is 5.26 Å². The lowest BCUT2D eigenvalue weighted by atomic mass is 9.98. The lowest BCUT2D eigenvalue weighted by Crippen LogP contribution is -1.98. The van der Waals surface area contributed by atoms with Crippen molar-refractivity contribution < 1.29 is 0 Å². The van der Waals surface area contributed by atoms with Crippen molar-refractivity contribution in [3.05, 3.63) is 175 Å². The van der Waals surface area contributed by atoms with E-state index in [1.807, 2.05) is 36.4 Å². The Morgan fingerprint density at radius 3 is 1.60 bits per heavy atom. The van der Waals surface area contributed by atoms with E-state index in [1.165, 1.54) is 10.8 Å². The summed E-state index contributed by atoms with van der Waals surface area (Å²) in [7, 11) is 0. The molecule has 7 aromatic carbocycles. The third-order valence-corrected chi connectivity index (χ3v) is 9.40. The standard InChI is InChI=1S/C44H26N4/c1-46-33-24-25-38-37-13-5-9-17-42(37)48(44(38)27-33)39-14-6-2-10-34(39)30-20-18-29(19-21-30)31-22-23-32(28-45)43(26-31)47-40-15-7-3-11-35(40)36-12-4-8-16-41(36)47/h2-27H. The number of hydrogen-bond donors (Lipinski definition) is 0. The molecule has 4 heteroatoms. The maximum atomic E-state index is 10.2. The minimum atomic E-state index is 0.621. The van der Waals surface area contributed by atoms with Gasteiger partial charge in [-0.15, -0.1) is 0 Å². The van der Waals surface area contributed by atoms with E-state index in [2.05, 4.69) is 141 Å². The summed E-state index contributed by atoms with van der Waals surface area (Å²) in [5.41, 5.74) is 11.8. The molecule has 0 radical (unpaired) electrons. The molecule has 4 nitrogen and oxygen atoms in total. The fourth-order valence-electron chi connectivity index (χ4n) is 7.22. The van der Waals surface area contributed by atoms with E-state index in [0.29, 0.717) is 11.3 Å². The van der Waals surface area contributed by atoms with Gasteiger partial charge in [-0.1, -0.05) is 115 Å². The predicted octanol–water partition coefficient (Wildman–Crippen LogP) is 11.6. The van der Waals surface area contributed by atoms with E-state index in [9.17, 15) is 5.26 Å². The van der Waals surface area contributed by atoms with Crippen molar-refractivity contribution in [2.24, 2.45) is 0 Å².